The van der Waals surface area contributed by atoms with Crippen LogP contribution in [0.15, 0.2) is 78.9 Å². The van der Waals surface area contributed by atoms with Gasteiger partial charge < -0.3 is 20.0 Å². The summed E-state index contributed by atoms with van der Waals surface area (Å²) in [5.41, 5.74) is 1.89. The lowest BCUT2D eigenvalue weighted by Gasteiger charge is -2.53. The van der Waals surface area contributed by atoms with Crippen molar-refractivity contribution in [3.8, 4) is 0 Å². The lowest BCUT2D eigenvalue weighted by molar-refractivity contribution is -0.166. The molecule has 2 aliphatic heterocycles. The van der Waals surface area contributed by atoms with Crippen LogP contribution in [0.2, 0.25) is 0 Å². The van der Waals surface area contributed by atoms with Crippen molar-refractivity contribution in [3.05, 3.63) is 101 Å². The number of anilines is 1. The van der Waals surface area contributed by atoms with E-state index >= 15 is 0 Å². The molecule has 0 bridgehead atoms. The van der Waals surface area contributed by atoms with Crippen molar-refractivity contribution < 1.29 is 32.0 Å². The second-order valence-corrected chi connectivity index (χ2v) is 13.2. The van der Waals surface area contributed by atoms with E-state index in [9.17, 15) is 32.0 Å². The molecule has 3 aromatic rings. The van der Waals surface area contributed by atoms with Crippen LogP contribution in [0.5, 0.6) is 0 Å². The van der Waals surface area contributed by atoms with E-state index < -0.39 is 51.0 Å². The molecule has 2 aliphatic rings. The summed E-state index contributed by atoms with van der Waals surface area (Å²) in [6, 6.07) is 18.6. The molecule has 2 saturated heterocycles. The number of hydrogen-bond donors (Lipinski definition) is 1. The van der Waals surface area contributed by atoms with E-state index in [0.717, 1.165) is 6.26 Å². The van der Waals surface area contributed by atoms with Crippen LogP contribution in [0.4, 0.5) is 14.9 Å². The lowest BCUT2D eigenvalue weighted by atomic mass is 9.96. The minimum absolute atomic E-state index is 0.0465. The molecule has 0 radical (unpaired) electrons. The van der Waals surface area contributed by atoms with Gasteiger partial charge in [-0.15, -0.1) is 0 Å². The molecule has 12 heteroatoms. The van der Waals surface area contributed by atoms with Crippen LogP contribution in [0.25, 0.3) is 0 Å². The maximum Gasteiger partial charge on any atom is 0.323 e. The van der Waals surface area contributed by atoms with Gasteiger partial charge in [-0.25, -0.2) is 17.6 Å². The average Bonchev–Trinajstić information content (AvgIpc) is 2.98. The molecule has 0 spiro atoms. The molecule has 0 aromatic heterocycles. The van der Waals surface area contributed by atoms with Gasteiger partial charge in [-0.2, -0.15) is 0 Å². The Labute approximate surface area is 255 Å². The van der Waals surface area contributed by atoms with Crippen LogP contribution >= 0.6 is 0 Å². The summed E-state index contributed by atoms with van der Waals surface area (Å²) < 4.78 is 40.6. The summed E-state index contributed by atoms with van der Waals surface area (Å²) in [6.07, 6.45) is 0.241. The highest BCUT2D eigenvalue weighted by molar-refractivity contribution is 7.91. The SMILES string of the molecule is CC(=O)c1ccc(NC(=O)N2CCC(=O)N3[C@@H]2CN(CCc2cccc(F)c2)C(=O)[C@H]3C(c2ccccc2)S(C)(=O)=O)cc1. The van der Waals surface area contributed by atoms with Gasteiger partial charge in [0.1, 0.15) is 23.3 Å². The molecule has 4 amide bonds. The van der Waals surface area contributed by atoms with Crippen molar-refractivity contribution in [3.63, 3.8) is 0 Å². The summed E-state index contributed by atoms with van der Waals surface area (Å²) in [4.78, 5) is 57.1. The van der Waals surface area contributed by atoms with Gasteiger partial charge in [-0.3, -0.25) is 14.4 Å². The Bertz CT molecular complexity index is 1680. The van der Waals surface area contributed by atoms with Crippen molar-refractivity contribution in [2.75, 3.05) is 31.2 Å². The van der Waals surface area contributed by atoms with E-state index in [1.165, 1.54) is 33.8 Å². The summed E-state index contributed by atoms with van der Waals surface area (Å²) in [6.45, 7) is 1.54. The number of halogens is 1. The first-order valence-corrected chi connectivity index (χ1v) is 16.2. The molecule has 0 saturated carbocycles. The number of amides is 4. The number of fused-ring (bicyclic) bond motifs is 1. The molecule has 0 aliphatic carbocycles. The first-order valence-electron chi connectivity index (χ1n) is 14.2. The average molecular weight is 621 g/mol. The van der Waals surface area contributed by atoms with Crippen molar-refractivity contribution in [2.45, 2.75) is 37.2 Å². The molecule has 10 nitrogen and oxygen atoms in total. The van der Waals surface area contributed by atoms with Gasteiger partial charge in [-0.05, 0) is 60.9 Å². The van der Waals surface area contributed by atoms with E-state index in [1.807, 2.05) is 0 Å². The van der Waals surface area contributed by atoms with Crippen LogP contribution in [0, 0.1) is 5.82 Å². The number of carbonyl (C=O) groups is 4. The predicted octanol–water partition coefficient (Wildman–Crippen LogP) is 3.66. The van der Waals surface area contributed by atoms with Gasteiger partial charge in [-0.1, -0.05) is 42.5 Å². The molecule has 2 heterocycles. The van der Waals surface area contributed by atoms with E-state index in [-0.39, 0.29) is 38.3 Å². The van der Waals surface area contributed by atoms with Crippen LogP contribution < -0.4 is 5.32 Å². The fraction of sp³-hybridized carbons (Fsp3) is 0.312. The Kier molecular flexibility index (Phi) is 8.82. The second kappa shape index (κ2) is 12.6. The van der Waals surface area contributed by atoms with Gasteiger partial charge in [0.05, 0.1) is 6.54 Å². The van der Waals surface area contributed by atoms with E-state index in [2.05, 4.69) is 5.32 Å². The molecule has 3 aromatic carbocycles. The zero-order chi connectivity index (χ0) is 31.6. The lowest BCUT2D eigenvalue weighted by Crippen LogP contribution is -2.73. The second-order valence-electron chi connectivity index (χ2n) is 11.1. The van der Waals surface area contributed by atoms with Gasteiger partial charge in [0, 0.05) is 37.0 Å². The van der Waals surface area contributed by atoms with E-state index in [1.54, 1.807) is 66.7 Å². The molecule has 44 heavy (non-hydrogen) atoms. The molecular formula is C32H33FN4O6S. The number of rotatable bonds is 8. The number of carbonyl (C=O) groups excluding carboxylic acids is 4. The first kappa shape index (κ1) is 30.9. The van der Waals surface area contributed by atoms with Crippen molar-refractivity contribution >= 4 is 39.2 Å². The minimum atomic E-state index is -3.96. The summed E-state index contributed by atoms with van der Waals surface area (Å²) >= 11 is 0. The van der Waals surface area contributed by atoms with Gasteiger partial charge in [0.25, 0.3) is 0 Å². The number of sulfone groups is 1. The third kappa shape index (κ3) is 6.49. The maximum absolute atomic E-state index is 14.2. The number of piperazine rings is 1. The molecule has 1 N–H and O–H groups in total. The quantitative estimate of drug-likeness (QED) is 0.384. The first-order chi connectivity index (χ1) is 20.9. The molecular weight excluding hydrogens is 587 g/mol. The molecule has 1 unspecified atom stereocenters. The number of ketones is 1. The van der Waals surface area contributed by atoms with Crippen molar-refractivity contribution in [2.24, 2.45) is 0 Å². The third-order valence-corrected chi connectivity index (χ3v) is 9.48. The van der Waals surface area contributed by atoms with E-state index in [0.29, 0.717) is 22.4 Å². The Morgan fingerprint density at radius 2 is 1.70 bits per heavy atom. The number of urea groups is 1. The molecule has 2 fully saturated rings. The zero-order valence-electron chi connectivity index (χ0n) is 24.4. The maximum atomic E-state index is 14.2. The summed E-state index contributed by atoms with van der Waals surface area (Å²) in [7, 11) is -3.96. The monoisotopic (exact) mass is 620 g/mol. The number of benzene rings is 3. The molecule has 3 atom stereocenters. The van der Waals surface area contributed by atoms with Crippen LogP contribution in [-0.4, -0.2) is 84.8 Å². The Balaban J connectivity index is 1.52. The van der Waals surface area contributed by atoms with Crippen molar-refractivity contribution in [1.82, 2.24) is 14.7 Å². The standard InChI is InChI=1S/C32H33FN4O6S/c1-21(38)23-11-13-26(14-12-23)34-32(41)36-18-16-28(39)37-27(36)20-35(17-15-22-7-6-10-25(33)19-22)31(40)29(37)30(44(2,42)43)24-8-4-3-5-9-24/h3-14,19,27,29-30H,15-18,20H2,1-2H3,(H,34,41)/t27-,29-,30?/m1/s1. The number of nitrogens with one attached hydrogen (secondary N) is 1. The Morgan fingerprint density at radius 1 is 1.00 bits per heavy atom. The topological polar surface area (TPSA) is 124 Å². The Morgan fingerprint density at radius 3 is 2.34 bits per heavy atom. The van der Waals surface area contributed by atoms with E-state index in [4.69, 9.17) is 0 Å². The fourth-order valence-electron chi connectivity index (χ4n) is 5.89. The molecule has 230 valence electrons. The normalized spacial score (nSPS) is 19.4. The number of nitrogens with zero attached hydrogens (tertiary/aromatic N) is 3. The summed E-state index contributed by atoms with van der Waals surface area (Å²) in [5, 5.41) is 1.41. The van der Waals surface area contributed by atoms with Crippen molar-refractivity contribution in [1.29, 1.82) is 0 Å². The highest BCUT2D eigenvalue weighted by atomic mass is 32.2. The predicted molar refractivity (Wildman–Crippen MR) is 162 cm³/mol. The van der Waals surface area contributed by atoms with Crippen LogP contribution in [0.1, 0.15) is 40.1 Å². The fourth-order valence-corrected chi connectivity index (χ4v) is 7.26. The van der Waals surface area contributed by atoms with Gasteiger partial charge in [0.15, 0.2) is 15.6 Å². The number of hydrogen-bond acceptors (Lipinski definition) is 6. The summed E-state index contributed by atoms with van der Waals surface area (Å²) in [5.74, 6) is -1.54. The Hall–Kier alpha value is -4.58. The highest BCUT2D eigenvalue weighted by Crippen LogP contribution is 2.37. The third-order valence-electron chi connectivity index (χ3n) is 8.02. The van der Waals surface area contributed by atoms with Crippen LogP contribution in [0.3, 0.4) is 0 Å². The van der Waals surface area contributed by atoms with Gasteiger partial charge >= 0.3 is 6.03 Å². The largest absolute Gasteiger partial charge is 0.337 e. The van der Waals surface area contributed by atoms with Gasteiger partial charge in [0.2, 0.25) is 11.8 Å². The number of Topliss-reactive ketones (excluding diaryl/α,β-unsaturated/α-hetero) is 1. The van der Waals surface area contributed by atoms with Crippen LogP contribution in [-0.2, 0) is 25.8 Å². The minimum Gasteiger partial charge on any atom is -0.337 e. The zero-order valence-corrected chi connectivity index (χ0v) is 25.2. The molecule has 5 rings (SSSR count). The smallest absolute Gasteiger partial charge is 0.323 e. The highest BCUT2D eigenvalue weighted by Gasteiger charge is 2.53.